The summed E-state index contributed by atoms with van der Waals surface area (Å²) in [5.41, 5.74) is 1.09. The molecule has 0 amide bonds. The zero-order valence-corrected chi connectivity index (χ0v) is 6.02. The molecule has 0 saturated heterocycles. The Morgan fingerprint density at radius 1 is 1.33 bits per heavy atom. The van der Waals surface area contributed by atoms with E-state index in [1.165, 1.54) is 0 Å². The van der Waals surface area contributed by atoms with Gasteiger partial charge < -0.3 is 0 Å². The summed E-state index contributed by atoms with van der Waals surface area (Å²) in [6, 6.07) is 7.69. The third kappa shape index (κ3) is 1.46. The Bertz CT molecular complexity index is 198. The number of para-hydroxylation sites is 1. The summed E-state index contributed by atoms with van der Waals surface area (Å²) in [5.74, 6) is 0.789. The van der Waals surface area contributed by atoms with Crippen molar-refractivity contribution in [1.29, 1.82) is 0 Å². The third-order valence-electron chi connectivity index (χ3n) is 1.16. The molecule has 51 valence electrons. The van der Waals surface area contributed by atoms with Crippen LogP contribution in [0, 0.1) is 6.92 Å². The molecule has 0 aromatic heterocycles. The maximum absolute atomic E-state index is 4.67. The van der Waals surface area contributed by atoms with Gasteiger partial charge in [0.15, 0.2) is 0 Å². The van der Waals surface area contributed by atoms with E-state index in [0.717, 1.165) is 11.3 Å². The molecule has 0 aliphatic rings. The molecule has 0 spiro atoms. The average Bonchev–Trinajstić information content (AvgIpc) is 1.89. The Hall–Kier alpha value is -0.486. The summed E-state index contributed by atoms with van der Waals surface area (Å²) < 4.78 is 4.67. The molecular formula is C7H7NiO. The van der Waals surface area contributed by atoms with E-state index in [9.17, 15) is 0 Å². The molecule has 0 unspecified atom stereocenters. The second-order valence-electron chi connectivity index (χ2n) is 1.83. The molecule has 1 rings (SSSR count). The fraction of sp³-hybridized carbons (Fsp3) is 0.143. The molecular weight excluding hydrogens is 159 g/mol. The van der Waals surface area contributed by atoms with Gasteiger partial charge in [-0.05, 0) is 0 Å². The molecule has 0 radical (unpaired) electrons. The van der Waals surface area contributed by atoms with Gasteiger partial charge in [0.2, 0.25) is 0 Å². The summed E-state index contributed by atoms with van der Waals surface area (Å²) in [4.78, 5) is 0. The number of aryl methyl sites for hydroxylation is 1. The van der Waals surface area contributed by atoms with Gasteiger partial charge in [0.05, 0.1) is 0 Å². The van der Waals surface area contributed by atoms with Crippen LogP contribution in [0.25, 0.3) is 0 Å². The second kappa shape index (κ2) is 2.88. The molecule has 0 saturated carbocycles. The van der Waals surface area contributed by atoms with Crippen molar-refractivity contribution in [3.05, 3.63) is 29.8 Å². The van der Waals surface area contributed by atoms with E-state index in [1.807, 2.05) is 31.2 Å². The Balaban J connectivity index is 3.01. The summed E-state index contributed by atoms with van der Waals surface area (Å²) in [7, 11) is 0. The average molecular weight is 166 g/mol. The Morgan fingerprint density at radius 2 is 2.00 bits per heavy atom. The molecule has 0 bridgehead atoms. The SMILES string of the molecule is Cc1ccccc1[O][Ni]. The van der Waals surface area contributed by atoms with E-state index in [-0.39, 0.29) is 0 Å². The normalized spacial score (nSPS) is 9.22. The molecule has 0 fully saturated rings. The molecule has 1 aromatic carbocycles. The Morgan fingerprint density at radius 3 is 2.44 bits per heavy atom. The summed E-state index contributed by atoms with van der Waals surface area (Å²) in [5, 5.41) is 0. The van der Waals surface area contributed by atoms with Crippen LogP contribution in [0.2, 0.25) is 0 Å². The van der Waals surface area contributed by atoms with Gasteiger partial charge in [-0.3, -0.25) is 0 Å². The molecule has 2 heteroatoms. The van der Waals surface area contributed by atoms with Crippen LogP contribution in [0.5, 0.6) is 5.75 Å². The van der Waals surface area contributed by atoms with Crippen molar-refractivity contribution in [3.8, 4) is 5.75 Å². The molecule has 0 aliphatic carbocycles. The van der Waals surface area contributed by atoms with Crippen molar-refractivity contribution >= 4 is 0 Å². The number of hydrogen-bond donors (Lipinski definition) is 0. The Labute approximate surface area is 62.7 Å². The summed E-state index contributed by atoms with van der Waals surface area (Å²) in [6.45, 7) is 1.97. The first-order valence-electron chi connectivity index (χ1n) is 2.66. The van der Waals surface area contributed by atoms with Crippen LogP contribution in [0.15, 0.2) is 24.3 Å². The monoisotopic (exact) mass is 165 g/mol. The molecule has 0 atom stereocenters. The van der Waals surface area contributed by atoms with Crippen molar-refractivity contribution < 1.29 is 19.7 Å². The standard InChI is InChI=1S/C7H8O.Ni/c1-6-4-2-3-5-7(6)8;/h2-5,8H,1H3;/q;+1/p-1. The number of benzene rings is 1. The van der Waals surface area contributed by atoms with Crippen molar-refractivity contribution in [1.82, 2.24) is 0 Å². The molecule has 0 aliphatic heterocycles. The molecule has 9 heavy (non-hydrogen) atoms. The van der Waals surface area contributed by atoms with Crippen LogP contribution in [-0.4, -0.2) is 0 Å². The van der Waals surface area contributed by atoms with E-state index in [0.29, 0.717) is 0 Å². The van der Waals surface area contributed by atoms with Gasteiger partial charge in [-0.15, -0.1) is 0 Å². The van der Waals surface area contributed by atoms with E-state index in [2.05, 4.69) is 19.7 Å². The quantitative estimate of drug-likeness (QED) is 0.578. The Kier molecular flexibility index (Phi) is 2.12. The topological polar surface area (TPSA) is 9.23 Å². The van der Waals surface area contributed by atoms with Gasteiger partial charge >= 0.3 is 62.2 Å². The van der Waals surface area contributed by atoms with Crippen LogP contribution in [0.1, 0.15) is 5.56 Å². The van der Waals surface area contributed by atoms with E-state index >= 15 is 0 Å². The molecule has 0 heterocycles. The minimum atomic E-state index is 0.789. The third-order valence-corrected chi connectivity index (χ3v) is 1.38. The predicted octanol–water partition coefficient (Wildman–Crippen LogP) is 1.84. The summed E-state index contributed by atoms with van der Waals surface area (Å²) >= 11 is 4.13. The van der Waals surface area contributed by atoms with Crippen LogP contribution < -0.4 is 3.88 Å². The first-order valence-corrected chi connectivity index (χ1v) is 3.06. The van der Waals surface area contributed by atoms with Crippen molar-refractivity contribution in [3.63, 3.8) is 0 Å². The predicted molar refractivity (Wildman–Crippen MR) is 31.8 cm³/mol. The van der Waals surface area contributed by atoms with Gasteiger partial charge in [-0.25, -0.2) is 0 Å². The van der Waals surface area contributed by atoms with Gasteiger partial charge in [0.1, 0.15) is 0 Å². The van der Waals surface area contributed by atoms with Gasteiger partial charge in [0, 0.05) is 0 Å². The van der Waals surface area contributed by atoms with Crippen molar-refractivity contribution in [2.75, 3.05) is 0 Å². The minimum absolute atomic E-state index is 0.789. The first kappa shape index (κ1) is 6.63. The first-order chi connectivity index (χ1) is 4.34. The van der Waals surface area contributed by atoms with Gasteiger partial charge in [-0.1, -0.05) is 0 Å². The fourth-order valence-electron chi connectivity index (χ4n) is 0.629. The van der Waals surface area contributed by atoms with Gasteiger partial charge in [0.25, 0.3) is 0 Å². The zero-order chi connectivity index (χ0) is 6.69. The molecule has 0 N–H and O–H groups in total. The van der Waals surface area contributed by atoms with E-state index in [4.69, 9.17) is 0 Å². The molecule has 1 nitrogen and oxygen atoms in total. The fourth-order valence-corrected chi connectivity index (χ4v) is 0.855. The number of hydrogen-bond acceptors (Lipinski definition) is 1. The van der Waals surface area contributed by atoms with Crippen LogP contribution in [0.4, 0.5) is 0 Å². The van der Waals surface area contributed by atoms with E-state index in [1.54, 1.807) is 0 Å². The van der Waals surface area contributed by atoms with Crippen LogP contribution in [0.3, 0.4) is 0 Å². The van der Waals surface area contributed by atoms with Crippen molar-refractivity contribution in [2.24, 2.45) is 0 Å². The second-order valence-corrected chi connectivity index (χ2v) is 2.03. The molecule has 1 aromatic rings. The summed E-state index contributed by atoms with van der Waals surface area (Å²) in [6.07, 6.45) is 0. The maximum atomic E-state index is 4.67. The zero-order valence-electron chi connectivity index (χ0n) is 5.03. The number of rotatable bonds is 1. The van der Waals surface area contributed by atoms with Crippen LogP contribution in [-0.2, 0) is 15.8 Å². The van der Waals surface area contributed by atoms with Crippen molar-refractivity contribution in [2.45, 2.75) is 6.92 Å². The van der Waals surface area contributed by atoms with Crippen LogP contribution >= 0.6 is 0 Å². The van der Waals surface area contributed by atoms with E-state index < -0.39 is 0 Å². The van der Waals surface area contributed by atoms with Gasteiger partial charge in [-0.2, -0.15) is 0 Å².